The first kappa shape index (κ1) is 12.7. The third-order valence-electron chi connectivity index (χ3n) is 3.52. The topological polar surface area (TPSA) is 88.2 Å². The highest BCUT2D eigenvalue weighted by molar-refractivity contribution is 5.75. The number of carboxylic acids is 1. The minimum Gasteiger partial charge on any atom is -0.508 e. The van der Waals surface area contributed by atoms with Crippen molar-refractivity contribution < 1.29 is 15.0 Å². The van der Waals surface area contributed by atoms with Crippen LogP contribution in [0.5, 0.6) is 5.75 Å². The van der Waals surface area contributed by atoms with Crippen molar-refractivity contribution in [2.45, 2.75) is 31.7 Å². The molecule has 2 heterocycles. The van der Waals surface area contributed by atoms with Crippen molar-refractivity contribution in [1.29, 1.82) is 0 Å². The molecule has 20 heavy (non-hydrogen) atoms. The molecule has 3 rings (SSSR count). The Morgan fingerprint density at radius 3 is 2.80 bits per heavy atom. The predicted octanol–water partition coefficient (Wildman–Crippen LogP) is 1.54. The number of aliphatic carboxylic acids is 1. The zero-order chi connectivity index (χ0) is 14.1. The SMILES string of the molecule is O=C(O)C1CCCn2nc(Cc3ccc(O)cc3)nc21. The summed E-state index contributed by atoms with van der Waals surface area (Å²) in [6.45, 7) is 0.724. The van der Waals surface area contributed by atoms with E-state index in [0.717, 1.165) is 18.5 Å². The van der Waals surface area contributed by atoms with E-state index in [9.17, 15) is 15.0 Å². The van der Waals surface area contributed by atoms with Gasteiger partial charge < -0.3 is 10.2 Å². The van der Waals surface area contributed by atoms with Crippen LogP contribution in [0.4, 0.5) is 0 Å². The molecule has 1 aromatic heterocycles. The summed E-state index contributed by atoms with van der Waals surface area (Å²) in [7, 11) is 0. The molecule has 0 amide bonds. The average molecular weight is 273 g/mol. The second-order valence-corrected chi connectivity index (χ2v) is 4.99. The molecule has 0 radical (unpaired) electrons. The largest absolute Gasteiger partial charge is 0.508 e. The number of aromatic hydroxyl groups is 1. The summed E-state index contributed by atoms with van der Waals surface area (Å²) >= 11 is 0. The van der Waals surface area contributed by atoms with Gasteiger partial charge in [-0.25, -0.2) is 9.67 Å². The van der Waals surface area contributed by atoms with Crippen molar-refractivity contribution in [3.05, 3.63) is 41.5 Å². The number of carbonyl (C=O) groups is 1. The lowest BCUT2D eigenvalue weighted by Gasteiger charge is -2.17. The van der Waals surface area contributed by atoms with Crippen molar-refractivity contribution in [1.82, 2.24) is 14.8 Å². The molecule has 1 aliphatic rings. The standard InChI is InChI=1S/C14H15N3O3/c18-10-5-3-9(4-6-10)8-12-15-13-11(14(19)20)2-1-7-17(13)16-12/h3-6,11,18H,1-2,7-8H2,(H,19,20). The number of nitrogens with zero attached hydrogens (tertiary/aromatic N) is 3. The molecule has 1 aromatic carbocycles. The molecule has 0 saturated heterocycles. The third-order valence-corrected chi connectivity index (χ3v) is 3.52. The highest BCUT2D eigenvalue weighted by Gasteiger charge is 2.29. The van der Waals surface area contributed by atoms with E-state index >= 15 is 0 Å². The molecule has 2 aromatic rings. The lowest BCUT2D eigenvalue weighted by Crippen LogP contribution is -2.22. The summed E-state index contributed by atoms with van der Waals surface area (Å²) in [5.74, 6) is 0.00695. The van der Waals surface area contributed by atoms with E-state index in [4.69, 9.17) is 0 Å². The molecule has 6 nitrogen and oxygen atoms in total. The Labute approximate surface area is 115 Å². The van der Waals surface area contributed by atoms with Gasteiger partial charge in [-0.05, 0) is 30.5 Å². The Morgan fingerprint density at radius 2 is 2.10 bits per heavy atom. The maximum Gasteiger partial charge on any atom is 0.314 e. The van der Waals surface area contributed by atoms with Crippen LogP contribution in [0.15, 0.2) is 24.3 Å². The normalized spacial score (nSPS) is 17.7. The van der Waals surface area contributed by atoms with Gasteiger partial charge in [0.15, 0.2) is 5.82 Å². The van der Waals surface area contributed by atoms with Crippen LogP contribution < -0.4 is 0 Å². The van der Waals surface area contributed by atoms with Gasteiger partial charge in [-0.2, -0.15) is 5.10 Å². The summed E-state index contributed by atoms with van der Waals surface area (Å²) in [6, 6.07) is 6.85. The Bertz CT molecular complexity index is 634. The van der Waals surface area contributed by atoms with E-state index in [2.05, 4.69) is 10.1 Å². The summed E-state index contributed by atoms with van der Waals surface area (Å²) in [6.07, 6.45) is 1.96. The number of aromatic nitrogens is 3. The number of hydrogen-bond donors (Lipinski definition) is 2. The highest BCUT2D eigenvalue weighted by Crippen LogP contribution is 2.26. The van der Waals surface area contributed by atoms with Gasteiger partial charge in [0.05, 0.1) is 0 Å². The van der Waals surface area contributed by atoms with Gasteiger partial charge in [-0.1, -0.05) is 12.1 Å². The predicted molar refractivity (Wildman–Crippen MR) is 70.5 cm³/mol. The molecule has 0 spiro atoms. The zero-order valence-corrected chi connectivity index (χ0v) is 10.9. The molecule has 6 heteroatoms. The first-order valence-corrected chi connectivity index (χ1v) is 6.58. The molecule has 104 valence electrons. The second kappa shape index (κ2) is 4.96. The van der Waals surface area contributed by atoms with Crippen LogP contribution in [0.25, 0.3) is 0 Å². The molecule has 0 fully saturated rings. The van der Waals surface area contributed by atoms with Gasteiger partial charge >= 0.3 is 5.97 Å². The van der Waals surface area contributed by atoms with Gasteiger partial charge in [0.1, 0.15) is 17.5 Å². The fourth-order valence-electron chi connectivity index (χ4n) is 2.50. The Balaban J connectivity index is 1.85. The first-order chi connectivity index (χ1) is 9.63. The molecule has 0 aliphatic carbocycles. The van der Waals surface area contributed by atoms with Crippen LogP contribution in [0.1, 0.15) is 36.0 Å². The minimum atomic E-state index is -0.838. The number of phenolic OH excluding ortho intramolecular Hbond substituents is 1. The summed E-state index contributed by atoms with van der Waals surface area (Å²) in [4.78, 5) is 15.6. The molecule has 2 N–H and O–H groups in total. The van der Waals surface area contributed by atoms with Crippen molar-refractivity contribution in [2.75, 3.05) is 0 Å². The number of benzene rings is 1. The molecule has 0 bridgehead atoms. The summed E-state index contributed by atoms with van der Waals surface area (Å²) in [5, 5.41) is 22.8. The van der Waals surface area contributed by atoms with Crippen LogP contribution in [0.2, 0.25) is 0 Å². The number of rotatable bonds is 3. The zero-order valence-electron chi connectivity index (χ0n) is 10.9. The van der Waals surface area contributed by atoms with Crippen LogP contribution in [-0.4, -0.2) is 30.9 Å². The maximum absolute atomic E-state index is 11.2. The van der Waals surface area contributed by atoms with Crippen LogP contribution in [0.3, 0.4) is 0 Å². The first-order valence-electron chi connectivity index (χ1n) is 6.58. The summed E-state index contributed by atoms with van der Waals surface area (Å²) in [5.41, 5.74) is 0.984. The van der Waals surface area contributed by atoms with Crippen LogP contribution in [0, 0.1) is 0 Å². The van der Waals surface area contributed by atoms with E-state index in [0.29, 0.717) is 24.5 Å². The van der Waals surface area contributed by atoms with Crippen LogP contribution >= 0.6 is 0 Å². The second-order valence-electron chi connectivity index (χ2n) is 4.99. The van der Waals surface area contributed by atoms with E-state index in [1.54, 1.807) is 16.8 Å². The number of phenols is 1. The molecule has 0 saturated carbocycles. The fourth-order valence-corrected chi connectivity index (χ4v) is 2.50. The third kappa shape index (κ3) is 2.36. The van der Waals surface area contributed by atoms with Gasteiger partial charge in [0.2, 0.25) is 0 Å². The lowest BCUT2D eigenvalue weighted by atomic mass is 10.00. The molecule has 1 unspecified atom stereocenters. The van der Waals surface area contributed by atoms with E-state index < -0.39 is 11.9 Å². The maximum atomic E-state index is 11.2. The Hall–Kier alpha value is -2.37. The molecule has 1 aliphatic heterocycles. The smallest absolute Gasteiger partial charge is 0.314 e. The Kier molecular flexibility index (Phi) is 3.14. The lowest BCUT2D eigenvalue weighted by molar-refractivity contribution is -0.139. The molecular weight excluding hydrogens is 258 g/mol. The number of hydrogen-bond acceptors (Lipinski definition) is 4. The number of aryl methyl sites for hydroxylation is 1. The quantitative estimate of drug-likeness (QED) is 0.885. The van der Waals surface area contributed by atoms with Crippen LogP contribution in [-0.2, 0) is 17.8 Å². The molecule has 1 atom stereocenters. The number of fused-ring (bicyclic) bond motifs is 1. The van der Waals surface area contributed by atoms with Gasteiger partial charge in [-0.3, -0.25) is 4.79 Å². The summed E-state index contributed by atoms with van der Waals surface area (Å²) < 4.78 is 1.71. The average Bonchev–Trinajstić information content (AvgIpc) is 2.83. The fraction of sp³-hybridized carbons (Fsp3) is 0.357. The van der Waals surface area contributed by atoms with Crippen molar-refractivity contribution in [3.63, 3.8) is 0 Å². The van der Waals surface area contributed by atoms with Gasteiger partial charge in [0, 0.05) is 13.0 Å². The molecular formula is C14H15N3O3. The van der Waals surface area contributed by atoms with E-state index in [1.165, 1.54) is 0 Å². The van der Waals surface area contributed by atoms with Gasteiger partial charge in [-0.15, -0.1) is 0 Å². The monoisotopic (exact) mass is 273 g/mol. The Morgan fingerprint density at radius 1 is 1.35 bits per heavy atom. The van der Waals surface area contributed by atoms with Crippen molar-refractivity contribution in [3.8, 4) is 5.75 Å². The van der Waals surface area contributed by atoms with E-state index in [-0.39, 0.29) is 5.75 Å². The minimum absolute atomic E-state index is 0.219. The number of carboxylic acid groups (broad SMARTS) is 1. The van der Waals surface area contributed by atoms with Gasteiger partial charge in [0.25, 0.3) is 0 Å². The van der Waals surface area contributed by atoms with E-state index in [1.807, 2.05) is 12.1 Å². The van der Waals surface area contributed by atoms with Crippen molar-refractivity contribution in [2.24, 2.45) is 0 Å². The highest BCUT2D eigenvalue weighted by atomic mass is 16.4. The van der Waals surface area contributed by atoms with Crippen molar-refractivity contribution >= 4 is 5.97 Å².